The van der Waals surface area contributed by atoms with E-state index in [1.807, 2.05) is 6.07 Å². The molecule has 2 aliphatic heterocycles. The van der Waals surface area contributed by atoms with E-state index in [2.05, 4.69) is 4.98 Å². The van der Waals surface area contributed by atoms with Crippen LogP contribution in [-0.2, 0) is 14.3 Å². The van der Waals surface area contributed by atoms with Crippen LogP contribution >= 0.6 is 0 Å². The van der Waals surface area contributed by atoms with E-state index in [1.54, 1.807) is 54.7 Å². The number of fused-ring (bicyclic) bond motifs is 4. The van der Waals surface area contributed by atoms with Gasteiger partial charge in [0.15, 0.2) is 5.76 Å². The zero-order valence-electron chi connectivity index (χ0n) is 18.4. The van der Waals surface area contributed by atoms with Crippen molar-refractivity contribution in [2.75, 3.05) is 14.2 Å². The van der Waals surface area contributed by atoms with E-state index in [-0.39, 0.29) is 18.0 Å². The average Bonchev–Trinajstić information content (AvgIpc) is 3.18. The summed E-state index contributed by atoms with van der Waals surface area (Å²) in [6.07, 6.45) is 3.25. The first-order valence-electron chi connectivity index (χ1n) is 10.5. The third kappa shape index (κ3) is 3.59. The highest BCUT2D eigenvalue weighted by molar-refractivity contribution is 6.15. The van der Waals surface area contributed by atoms with E-state index in [9.17, 15) is 14.4 Å². The lowest BCUT2D eigenvalue weighted by Crippen LogP contribution is -2.16. The predicted octanol–water partition coefficient (Wildman–Crippen LogP) is 4.29. The summed E-state index contributed by atoms with van der Waals surface area (Å²) in [6.45, 7) is 0. The van der Waals surface area contributed by atoms with Gasteiger partial charge in [0.25, 0.3) is 0 Å². The Morgan fingerprint density at radius 2 is 1.82 bits per heavy atom. The number of hydrogen-bond acceptors (Lipinski definition) is 8. The molecule has 5 rings (SSSR count). The topological polar surface area (TPSA) is 101 Å². The number of methoxy groups -OCH3 is 2. The Balaban J connectivity index is 1.54. The van der Waals surface area contributed by atoms with Crippen LogP contribution < -0.4 is 9.47 Å². The van der Waals surface area contributed by atoms with Crippen molar-refractivity contribution in [3.63, 3.8) is 0 Å². The van der Waals surface area contributed by atoms with Gasteiger partial charge in [-0.2, -0.15) is 0 Å². The molecular weight excluding hydrogens is 438 g/mol. The second kappa shape index (κ2) is 8.47. The third-order valence-electron chi connectivity index (χ3n) is 5.80. The summed E-state index contributed by atoms with van der Waals surface area (Å²) in [7, 11) is 2.64. The summed E-state index contributed by atoms with van der Waals surface area (Å²) in [5.41, 5.74) is 2.76. The second-order valence-corrected chi connectivity index (χ2v) is 7.74. The van der Waals surface area contributed by atoms with Crippen molar-refractivity contribution in [2.45, 2.75) is 12.3 Å². The Hall–Kier alpha value is -4.46. The van der Waals surface area contributed by atoms with Crippen LogP contribution in [-0.4, -0.2) is 36.9 Å². The van der Waals surface area contributed by atoms with E-state index in [0.29, 0.717) is 45.2 Å². The fourth-order valence-corrected chi connectivity index (χ4v) is 4.13. The Morgan fingerprint density at radius 3 is 2.56 bits per heavy atom. The fraction of sp³-hybridized carbons (Fsp3) is 0.154. The maximum atomic E-state index is 13.1. The smallest absolute Gasteiger partial charge is 0.337 e. The highest BCUT2D eigenvalue weighted by Crippen LogP contribution is 2.52. The molecule has 1 aromatic heterocycles. The highest BCUT2D eigenvalue weighted by Gasteiger charge is 2.39. The number of aromatic nitrogens is 1. The zero-order valence-corrected chi connectivity index (χ0v) is 18.4. The number of benzene rings is 2. The van der Waals surface area contributed by atoms with E-state index in [1.165, 1.54) is 14.2 Å². The Kier molecular flexibility index (Phi) is 5.33. The molecule has 0 saturated carbocycles. The molecule has 0 radical (unpaired) electrons. The molecule has 0 fully saturated rings. The van der Waals surface area contributed by atoms with Crippen LogP contribution in [0.2, 0.25) is 0 Å². The van der Waals surface area contributed by atoms with Gasteiger partial charge in [0.2, 0.25) is 11.7 Å². The minimum Gasteiger partial charge on any atom is -0.469 e. The van der Waals surface area contributed by atoms with Crippen molar-refractivity contribution in [3.05, 3.63) is 88.3 Å². The van der Waals surface area contributed by atoms with Gasteiger partial charge in [-0.1, -0.05) is 18.2 Å². The molecule has 0 N–H and O–H groups in total. The van der Waals surface area contributed by atoms with Gasteiger partial charge in [-0.3, -0.25) is 9.59 Å². The summed E-state index contributed by atoms with van der Waals surface area (Å²) in [5, 5.41) is 0. The minimum atomic E-state index is -0.457. The summed E-state index contributed by atoms with van der Waals surface area (Å²) in [5.74, 6) is -0.254. The Labute approximate surface area is 194 Å². The Bertz CT molecular complexity index is 1360. The molecule has 8 heteroatoms. The SMILES string of the molecule is COC(=O)CC1c2cccnc2Oc2ccc3c(c21)O/C(=C\c1ccc(C(=O)OC)cc1)C3=O. The lowest BCUT2D eigenvalue weighted by molar-refractivity contribution is -0.140. The summed E-state index contributed by atoms with van der Waals surface area (Å²) in [4.78, 5) is 41.3. The van der Waals surface area contributed by atoms with E-state index in [4.69, 9.17) is 18.9 Å². The van der Waals surface area contributed by atoms with Gasteiger partial charge in [0.1, 0.15) is 11.5 Å². The molecule has 0 spiro atoms. The molecule has 3 heterocycles. The van der Waals surface area contributed by atoms with Crippen LogP contribution in [0.4, 0.5) is 0 Å². The summed E-state index contributed by atoms with van der Waals surface area (Å²) < 4.78 is 21.6. The molecule has 1 atom stereocenters. The average molecular weight is 457 g/mol. The van der Waals surface area contributed by atoms with Crippen LogP contribution in [0, 0.1) is 0 Å². The molecule has 0 aliphatic carbocycles. The van der Waals surface area contributed by atoms with E-state index in [0.717, 1.165) is 0 Å². The predicted molar refractivity (Wildman–Crippen MR) is 120 cm³/mol. The summed E-state index contributed by atoms with van der Waals surface area (Å²) in [6, 6.07) is 13.5. The number of esters is 2. The number of ketones is 1. The first-order chi connectivity index (χ1) is 16.5. The van der Waals surface area contributed by atoms with Crippen molar-refractivity contribution in [1.29, 1.82) is 0 Å². The lowest BCUT2D eigenvalue weighted by Gasteiger charge is -2.27. The minimum absolute atomic E-state index is 0.0353. The third-order valence-corrected chi connectivity index (χ3v) is 5.80. The van der Waals surface area contributed by atoms with Gasteiger partial charge < -0.3 is 18.9 Å². The molecule has 0 bridgehead atoms. The number of nitrogens with zero attached hydrogens (tertiary/aromatic N) is 1. The van der Waals surface area contributed by atoms with Gasteiger partial charge in [-0.25, -0.2) is 9.78 Å². The van der Waals surface area contributed by atoms with Gasteiger partial charge >= 0.3 is 11.9 Å². The second-order valence-electron chi connectivity index (χ2n) is 7.74. The number of carbonyl (C=O) groups is 3. The molecule has 2 aromatic carbocycles. The van der Waals surface area contributed by atoms with E-state index < -0.39 is 17.9 Å². The van der Waals surface area contributed by atoms with Gasteiger partial charge in [-0.05, 0) is 42.0 Å². The van der Waals surface area contributed by atoms with Crippen molar-refractivity contribution < 1.29 is 33.3 Å². The monoisotopic (exact) mass is 457 g/mol. The number of rotatable bonds is 4. The quantitative estimate of drug-likeness (QED) is 0.423. The molecule has 170 valence electrons. The maximum Gasteiger partial charge on any atom is 0.337 e. The number of Topliss-reactive ketones (excluding diaryl/α,β-unsaturated/α-hetero) is 1. The lowest BCUT2D eigenvalue weighted by atomic mass is 9.85. The van der Waals surface area contributed by atoms with Crippen LogP contribution in [0.15, 0.2) is 60.5 Å². The van der Waals surface area contributed by atoms with Crippen molar-refractivity contribution in [1.82, 2.24) is 4.98 Å². The molecule has 3 aromatic rings. The van der Waals surface area contributed by atoms with Crippen LogP contribution in [0.3, 0.4) is 0 Å². The molecule has 0 saturated heterocycles. The molecule has 1 unspecified atom stereocenters. The number of allylic oxidation sites excluding steroid dienone is 1. The fourth-order valence-electron chi connectivity index (χ4n) is 4.13. The standard InChI is InChI=1S/C26H19NO7/c1-31-21(28)13-18-16-4-3-11-27-25(16)34-19-10-9-17-23(29)20(33-24(17)22(18)19)12-14-5-7-15(8-6-14)26(30)32-2/h3-12,18H,13H2,1-2H3/b20-12-. The van der Waals surface area contributed by atoms with Crippen LogP contribution in [0.5, 0.6) is 17.4 Å². The first-order valence-corrected chi connectivity index (χ1v) is 10.5. The molecule has 8 nitrogen and oxygen atoms in total. The molecule has 0 amide bonds. The molecule has 34 heavy (non-hydrogen) atoms. The number of hydrogen-bond donors (Lipinski definition) is 0. The molecular formula is C26H19NO7. The van der Waals surface area contributed by atoms with Crippen LogP contribution in [0.1, 0.15) is 49.7 Å². The van der Waals surface area contributed by atoms with Gasteiger partial charge in [0.05, 0.1) is 31.8 Å². The van der Waals surface area contributed by atoms with E-state index >= 15 is 0 Å². The van der Waals surface area contributed by atoms with Crippen molar-refractivity contribution >= 4 is 23.8 Å². The number of ether oxygens (including phenoxy) is 4. The highest BCUT2D eigenvalue weighted by atomic mass is 16.5. The van der Waals surface area contributed by atoms with Gasteiger partial charge in [0, 0.05) is 23.2 Å². The normalized spacial score (nSPS) is 16.6. The number of carbonyl (C=O) groups excluding carboxylic acids is 3. The van der Waals surface area contributed by atoms with Crippen LogP contribution in [0.25, 0.3) is 6.08 Å². The summed E-state index contributed by atoms with van der Waals surface area (Å²) >= 11 is 0. The Morgan fingerprint density at radius 1 is 1.03 bits per heavy atom. The maximum absolute atomic E-state index is 13.1. The van der Waals surface area contributed by atoms with Crippen molar-refractivity contribution in [2.24, 2.45) is 0 Å². The zero-order chi connectivity index (χ0) is 23.8. The van der Waals surface area contributed by atoms with Gasteiger partial charge in [-0.15, -0.1) is 0 Å². The number of pyridine rings is 1. The largest absolute Gasteiger partial charge is 0.469 e. The van der Waals surface area contributed by atoms with Crippen molar-refractivity contribution in [3.8, 4) is 17.4 Å². The first kappa shape index (κ1) is 21.4. The molecule has 2 aliphatic rings.